The second-order valence-corrected chi connectivity index (χ2v) is 4.53. The van der Waals surface area contributed by atoms with E-state index in [9.17, 15) is 9.90 Å². The van der Waals surface area contributed by atoms with Gasteiger partial charge in [-0.2, -0.15) is 0 Å². The van der Waals surface area contributed by atoms with Crippen LogP contribution in [0.25, 0.3) is 0 Å². The summed E-state index contributed by atoms with van der Waals surface area (Å²) in [5, 5.41) is 9.40. The van der Waals surface area contributed by atoms with Crippen molar-refractivity contribution in [2.75, 3.05) is 7.05 Å². The number of hydrogen-bond acceptors (Lipinski definition) is 3. The molecule has 0 bridgehead atoms. The molecule has 0 aliphatic heterocycles. The van der Waals surface area contributed by atoms with Crippen LogP contribution in [-0.4, -0.2) is 28.6 Å². The van der Waals surface area contributed by atoms with Crippen LogP contribution in [0.3, 0.4) is 0 Å². The number of rotatable bonds is 4. The second kappa shape index (κ2) is 4.29. The number of aliphatic carboxylic acids is 1. The Morgan fingerprint density at radius 2 is 2.25 bits per heavy atom. The number of furan rings is 1. The van der Waals surface area contributed by atoms with Gasteiger partial charge in [0.2, 0.25) is 0 Å². The highest BCUT2D eigenvalue weighted by atomic mass is 16.4. The van der Waals surface area contributed by atoms with Crippen molar-refractivity contribution >= 4 is 5.97 Å². The molecule has 0 unspecified atom stereocenters. The molecule has 4 heteroatoms. The normalized spacial score (nSPS) is 19.1. The van der Waals surface area contributed by atoms with E-state index in [1.54, 1.807) is 12.5 Å². The molecule has 0 saturated heterocycles. The second-order valence-electron chi connectivity index (χ2n) is 4.53. The Bertz CT molecular complexity index is 352. The van der Waals surface area contributed by atoms with Crippen molar-refractivity contribution in [1.29, 1.82) is 0 Å². The quantitative estimate of drug-likeness (QED) is 0.849. The third-order valence-electron chi connectivity index (χ3n) is 3.56. The number of nitrogens with zero attached hydrogens (tertiary/aromatic N) is 1. The van der Waals surface area contributed by atoms with Gasteiger partial charge in [-0.25, -0.2) is 0 Å². The number of likely N-dealkylation sites (N-methyl/N-ethyl adjacent to an activating group) is 1. The lowest BCUT2D eigenvalue weighted by Crippen LogP contribution is -2.50. The van der Waals surface area contributed by atoms with Crippen LogP contribution in [0.5, 0.6) is 0 Å². The summed E-state index contributed by atoms with van der Waals surface area (Å²) in [5.74, 6) is -0.698. The van der Waals surface area contributed by atoms with Gasteiger partial charge in [-0.3, -0.25) is 9.69 Å². The molecule has 88 valence electrons. The molecule has 0 atom stereocenters. The summed E-state index contributed by atoms with van der Waals surface area (Å²) in [7, 11) is 1.88. The van der Waals surface area contributed by atoms with E-state index in [0.29, 0.717) is 6.54 Å². The van der Waals surface area contributed by atoms with Crippen molar-refractivity contribution in [3.63, 3.8) is 0 Å². The van der Waals surface area contributed by atoms with Gasteiger partial charge in [0.05, 0.1) is 12.5 Å². The summed E-state index contributed by atoms with van der Waals surface area (Å²) < 4.78 is 5.00. The zero-order chi connectivity index (χ0) is 11.6. The number of carboxylic acids is 1. The summed E-state index contributed by atoms with van der Waals surface area (Å²) in [6.45, 7) is 0.628. The maximum Gasteiger partial charge on any atom is 0.324 e. The van der Waals surface area contributed by atoms with Gasteiger partial charge in [-0.05, 0) is 26.0 Å². The Labute approximate surface area is 94.9 Å². The Balaban J connectivity index is 2.12. The van der Waals surface area contributed by atoms with Crippen molar-refractivity contribution in [2.24, 2.45) is 0 Å². The molecule has 1 saturated carbocycles. The monoisotopic (exact) mass is 223 g/mol. The van der Waals surface area contributed by atoms with E-state index in [0.717, 1.165) is 31.2 Å². The van der Waals surface area contributed by atoms with Crippen molar-refractivity contribution in [3.8, 4) is 0 Å². The summed E-state index contributed by atoms with van der Waals surface area (Å²) in [6, 6.07) is 1.88. The molecule has 16 heavy (non-hydrogen) atoms. The SMILES string of the molecule is CN(Cc1ccoc1)C1(C(=O)O)CCCC1. The van der Waals surface area contributed by atoms with E-state index < -0.39 is 11.5 Å². The van der Waals surface area contributed by atoms with Crippen LogP contribution in [0.4, 0.5) is 0 Å². The molecule has 0 amide bonds. The molecule has 1 fully saturated rings. The smallest absolute Gasteiger partial charge is 0.324 e. The zero-order valence-electron chi connectivity index (χ0n) is 9.48. The molecule has 1 aromatic heterocycles. The molecule has 1 aliphatic rings. The van der Waals surface area contributed by atoms with Crippen LogP contribution in [0.15, 0.2) is 23.0 Å². The molecule has 1 heterocycles. The molecule has 2 rings (SSSR count). The highest BCUT2D eigenvalue weighted by molar-refractivity contribution is 5.79. The van der Waals surface area contributed by atoms with Crippen molar-refractivity contribution in [2.45, 2.75) is 37.8 Å². The summed E-state index contributed by atoms with van der Waals surface area (Å²) in [4.78, 5) is 13.4. The maximum atomic E-state index is 11.4. The molecule has 1 N–H and O–H groups in total. The molecular weight excluding hydrogens is 206 g/mol. The molecule has 1 aliphatic carbocycles. The largest absolute Gasteiger partial charge is 0.480 e. The number of carbonyl (C=O) groups is 1. The Morgan fingerprint density at radius 3 is 2.75 bits per heavy atom. The van der Waals surface area contributed by atoms with E-state index >= 15 is 0 Å². The maximum absolute atomic E-state index is 11.4. The molecular formula is C12H17NO3. The Kier molecular flexibility index (Phi) is 3.01. The van der Waals surface area contributed by atoms with E-state index in [-0.39, 0.29) is 0 Å². The molecule has 1 aromatic rings. The zero-order valence-corrected chi connectivity index (χ0v) is 9.48. The Hall–Kier alpha value is -1.29. The standard InChI is InChI=1S/C12H17NO3/c1-13(8-10-4-7-16-9-10)12(11(14)15)5-2-3-6-12/h4,7,9H,2-3,5-6,8H2,1H3,(H,14,15). The first-order valence-electron chi connectivity index (χ1n) is 5.61. The fraction of sp³-hybridized carbons (Fsp3) is 0.583. The van der Waals surface area contributed by atoms with Gasteiger partial charge in [0, 0.05) is 12.1 Å². The molecule has 4 nitrogen and oxygen atoms in total. The average molecular weight is 223 g/mol. The summed E-state index contributed by atoms with van der Waals surface area (Å²) in [6.07, 6.45) is 6.78. The van der Waals surface area contributed by atoms with Gasteiger partial charge in [0.25, 0.3) is 0 Å². The lowest BCUT2D eigenvalue weighted by atomic mass is 9.95. The van der Waals surface area contributed by atoms with Crippen LogP contribution >= 0.6 is 0 Å². The third-order valence-corrected chi connectivity index (χ3v) is 3.56. The predicted molar refractivity (Wildman–Crippen MR) is 59.0 cm³/mol. The molecule has 0 spiro atoms. The third kappa shape index (κ3) is 1.85. The van der Waals surface area contributed by atoms with Crippen LogP contribution < -0.4 is 0 Å². The summed E-state index contributed by atoms with van der Waals surface area (Å²) >= 11 is 0. The molecule has 0 aromatic carbocycles. The van der Waals surface area contributed by atoms with Gasteiger partial charge in [0.1, 0.15) is 5.54 Å². The summed E-state index contributed by atoms with van der Waals surface area (Å²) in [5.41, 5.74) is 0.354. The van der Waals surface area contributed by atoms with Crippen LogP contribution in [0.2, 0.25) is 0 Å². The number of hydrogen-bond donors (Lipinski definition) is 1. The van der Waals surface area contributed by atoms with Gasteiger partial charge < -0.3 is 9.52 Å². The lowest BCUT2D eigenvalue weighted by molar-refractivity contribution is -0.150. The average Bonchev–Trinajstić information content (AvgIpc) is 2.87. The Morgan fingerprint density at radius 1 is 1.56 bits per heavy atom. The first-order valence-corrected chi connectivity index (χ1v) is 5.61. The lowest BCUT2D eigenvalue weighted by Gasteiger charge is -2.34. The number of carboxylic acid groups (broad SMARTS) is 1. The van der Waals surface area contributed by atoms with E-state index in [4.69, 9.17) is 4.42 Å². The highest BCUT2D eigenvalue weighted by Crippen LogP contribution is 2.35. The highest BCUT2D eigenvalue weighted by Gasteiger charge is 2.44. The van der Waals surface area contributed by atoms with E-state index in [1.807, 2.05) is 18.0 Å². The van der Waals surface area contributed by atoms with E-state index in [1.165, 1.54) is 0 Å². The van der Waals surface area contributed by atoms with Crippen molar-refractivity contribution in [3.05, 3.63) is 24.2 Å². The fourth-order valence-electron chi connectivity index (χ4n) is 2.53. The van der Waals surface area contributed by atoms with Crippen molar-refractivity contribution in [1.82, 2.24) is 4.90 Å². The first-order chi connectivity index (χ1) is 7.65. The predicted octanol–water partition coefficient (Wildman–Crippen LogP) is 2.11. The topological polar surface area (TPSA) is 53.7 Å². The van der Waals surface area contributed by atoms with Crippen molar-refractivity contribution < 1.29 is 14.3 Å². The minimum absolute atomic E-state index is 0.628. The van der Waals surface area contributed by atoms with Gasteiger partial charge in [0.15, 0.2) is 0 Å². The first kappa shape index (κ1) is 11.2. The van der Waals surface area contributed by atoms with Gasteiger partial charge in [-0.15, -0.1) is 0 Å². The minimum Gasteiger partial charge on any atom is -0.480 e. The van der Waals surface area contributed by atoms with Crippen LogP contribution in [0, 0.1) is 0 Å². The minimum atomic E-state index is -0.698. The fourth-order valence-corrected chi connectivity index (χ4v) is 2.53. The van der Waals surface area contributed by atoms with Gasteiger partial charge >= 0.3 is 5.97 Å². The van der Waals surface area contributed by atoms with Crippen LogP contribution in [0.1, 0.15) is 31.2 Å². The van der Waals surface area contributed by atoms with E-state index in [2.05, 4.69) is 0 Å². The molecule has 0 radical (unpaired) electrons. The van der Waals surface area contributed by atoms with Gasteiger partial charge in [-0.1, -0.05) is 12.8 Å². The van der Waals surface area contributed by atoms with Crippen LogP contribution in [-0.2, 0) is 11.3 Å².